The fraction of sp³-hybridized carbons (Fsp3) is 0.235. The minimum atomic E-state index is -0.267. The zero-order valence-corrected chi connectivity index (χ0v) is 15.3. The van der Waals surface area contributed by atoms with Crippen LogP contribution in [0.15, 0.2) is 40.9 Å². The highest BCUT2D eigenvalue weighted by Crippen LogP contribution is 2.21. The lowest BCUT2D eigenvalue weighted by molar-refractivity contribution is 0.247. The summed E-state index contributed by atoms with van der Waals surface area (Å²) in [5, 5.41) is 6.22. The van der Waals surface area contributed by atoms with Gasteiger partial charge in [-0.2, -0.15) is 0 Å². The second-order valence-electron chi connectivity index (χ2n) is 5.10. The van der Waals surface area contributed by atoms with E-state index in [9.17, 15) is 4.79 Å². The van der Waals surface area contributed by atoms with Gasteiger partial charge in [-0.1, -0.05) is 33.6 Å². The van der Waals surface area contributed by atoms with Crippen LogP contribution in [0.2, 0.25) is 5.02 Å². The first kappa shape index (κ1) is 17.6. The molecule has 0 aliphatic carbocycles. The lowest BCUT2D eigenvalue weighted by Crippen LogP contribution is -2.32. The van der Waals surface area contributed by atoms with Crippen molar-refractivity contribution < 1.29 is 9.53 Å². The molecule has 0 saturated carbocycles. The molecule has 0 saturated heterocycles. The van der Waals surface area contributed by atoms with E-state index in [0.29, 0.717) is 18.2 Å². The van der Waals surface area contributed by atoms with Crippen molar-refractivity contribution in [2.24, 2.45) is 0 Å². The Bertz CT molecular complexity index is 707. The van der Waals surface area contributed by atoms with Gasteiger partial charge >= 0.3 is 6.03 Å². The summed E-state index contributed by atoms with van der Waals surface area (Å²) in [5.74, 6) is 0.733. The molecular weight excluding hydrogens is 380 g/mol. The number of nitrogens with one attached hydrogen (secondary N) is 2. The summed E-state index contributed by atoms with van der Waals surface area (Å²) in [6.07, 6.45) is 0. The highest BCUT2D eigenvalue weighted by Gasteiger charge is 2.03. The van der Waals surface area contributed by atoms with E-state index >= 15 is 0 Å². The number of hydrogen-bond acceptors (Lipinski definition) is 2. The van der Waals surface area contributed by atoms with E-state index in [1.807, 2.05) is 38.1 Å². The van der Waals surface area contributed by atoms with E-state index in [2.05, 4.69) is 26.6 Å². The normalized spacial score (nSPS) is 10.3. The second kappa shape index (κ2) is 8.22. The average molecular weight is 398 g/mol. The molecule has 122 valence electrons. The highest BCUT2D eigenvalue weighted by molar-refractivity contribution is 9.10. The van der Waals surface area contributed by atoms with Crippen molar-refractivity contribution in [3.8, 4) is 5.75 Å². The van der Waals surface area contributed by atoms with Gasteiger partial charge in [-0.3, -0.25) is 0 Å². The van der Waals surface area contributed by atoms with Gasteiger partial charge in [0.2, 0.25) is 0 Å². The maximum absolute atomic E-state index is 11.8. The molecule has 2 N–H and O–H groups in total. The molecule has 6 heteroatoms. The van der Waals surface area contributed by atoms with Gasteiger partial charge in [0.15, 0.2) is 0 Å². The maximum Gasteiger partial charge on any atom is 0.319 e. The zero-order valence-electron chi connectivity index (χ0n) is 13.0. The van der Waals surface area contributed by atoms with Gasteiger partial charge in [0.25, 0.3) is 0 Å². The Morgan fingerprint density at radius 2 is 1.96 bits per heavy atom. The topological polar surface area (TPSA) is 50.4 Å². The first-order valence-corrected chi connectivity index (χ1v) is 8.33. The van der Waals surface area contributed by atoms with Crippen molar-refractivity contribution in [3.63, 3.8) is 0 Å². The molecule has 0 atom stereocenters. The molecule has 2 aromatic rings. The number of amides is 2. The van der Waals surface area contributed by atoms with Crippen molar-refractivity contribution in [1.82, 2.24) is 5.32 Å². The van der Waals surface area contributed by atoms with Crippen LogP contribution < -0.4 is 15.4 Å². The summed E-state index contributed by atoms with van der Waals surface area (Å²) < 4.78 is 6.52. The van der Waals surface area contributed by atoms with Gasteiger partial charge in [-0.25, -0.2) is 4.79 Å². The molecule has 0 fully saturated rings. The average Bonchev–Trinajstić information content (AvgIpc) is 2.51. The third-order valence-electron chi connectivity index (χ3n) is 3.22. The van der Waals surface area contributed by atoms with Crippen LogP contribution in [0.5, 0.6) is 5.75 Å². The van der Waals surface area contributed by atoms with Gasteiger partial charge in [-0.15, -0.1) is 0 Å². The van der Waals surface area contributed by atoms with Crippen LogP contribution in [-0.2, 0) is 0 Å². The second-order valence-corrected chi connectivity index (χ2v) is 6.37. The Balaban J connectivity index is 1.74. The fourth-order valence-electron chi connectivity index (χ4n) is 1.89. The summed E-state index contributed by atoms with van der Waals surface area (Å²) in [5.41, 5.74) is 2.80. The molecule has 0 aliphatic heterocycles. The molecule has 0 bridgehead atoms. The molecular formula is C17H18BrClN2O2. The summed E-state index contributed by atoms with van der Waals surface area (Å²) in [4.78, 5) is 11.8. The van der Waals surface area contributed by atoms with Crippen LogP contribution in [0, 0.1) is 13.8 Å². The Kier molecular flexibility index (Phi) is 6.30. The van der Waals surface area contributed by atoms with E-state index < -0.39 is 0 Å². The van der Waals surface area contributed by atoms with Crippen LogP contribution in [0.3, 0.4) is 0 Å². The van der Waals surface area contributed by atoms with Crippen LogP contribution in [0.4, 0.5) is 10.5 Å². The predicted octanol–water partition coefficient (Wildman–Crippen LogP) is 4.92. The van der Waals surface area contributed by atoms with E-state index in [1.165, 1.54) is 0 Å². The van der Waals surface area contributed by atoms with E-state index in [1.54, 1.807) is 12.1 Å². The molecule has 0 aromatic heterocycles. The van der Waals surface area contributed by atoms with Crippen LogP contribution in [0.1, 0.15) is 11.1 Å². The number of ether oxygens (including phenoxy) is 1. The van der Waals surface area contributed by atoms with Crippen LogP contribution in [-0.4, -0.2) is 19.2 Å². The lowest BCUT2D eigenvalue weighted by atomic mass is 10.2. The number of anilines is 1. The minimum Gasteiger partial charge on any atom is -0.492 e. The predicted molar refractivity (Wildman–Crippen MR) is 97.6 cm³/mol. The zero-order chi connectivity index (χ0) is 16.8. The van der Waals surface area contributed by atoms with Crippen molar-refractivity contribution in [3.05, 3.63) is 57.0 Å². The number of carbonyl (C=O) groups is 1. The monoisotopic (exact) mass is 396 g/mol. The molecule has 2 rings (SSSR count). The Morgan fingerprint density at radius 3 is 2.65 bits per heavy atom. The molecule has 4 nitrogen and oxygen atoms in total. The minimum absolute atomic E-state index is 0.267. The van der Waals surface area contributed by atoms with Gasteiger partial charge in [0, 0.05) is 15.2 Å². The first-order chi connectivity index (χ1) is 11.0. The summed E-state index contributed by atoms with van der Waals surface area (Å²) >= 11 is 9.39. The molecule has 0 spiro atoms. The van der Waals surface area contributed by atoms with Gasteiger partial charge in [0.05, 0.1) is 6.54 Å². The van der Waals surface area contributed by atoms with Gasteiger partial charge in [-0.05, 0) is 55.3 Å². The third-order valence-corrected chi connectivity index (χ3v) is 4.49. The highest BCUT2D eigenvalue weighted by atomic mass is 79.9. The molecule has 0 heterocycles. The molecule has 0 aliphatic rings. The number of benzene rings is 2. The molecule has 0 unspecified atom stereocenters. The Labute approximate surface area is 149 Å². The number of rotatable bonds is 5. The fourth-order valence-corrected chi connectivity index (χ4v) is 2.38. The molecule has 0 radical (unpaired) electrons. The van der Waals surface area contributed by atoms with E-state index in [0.717, 1.165) is 27.0 Å². The van der Waals surface area contributed by atoms with Crippen molar-refractivity contribution >= 4 is 39.2 Å². The third kappa shape index (κ3) is 5.44. The summed E-state index contributed by atoms with van der Waals surface area (Å²) in [6, 6.07) is 10.9. The number of halogens is 2. The quantitative estimate of drug-likeness (QED) is 0.704. The van der Waals surface area contributed by atoms with E-state index in [4.69, 9.17) is 16.3 Å². The summed E-state index contributed by atoms with van der Waals surface area (Å²) in [6.45, 7) is 4.69. The molecule has 2 amide bonds. The number of aryl methyl sites for hydroxylation is 2. The van der Waals surface area contributed by atoms with Crippen LogP contribution >= 0.6 is 27.5 Å². The smallest absolute Gasteiger partial charge is 0.319 e. The first-order valence-electron chi connectivity index (χ1n) is 7.15. The van der Waals surface area contributed by atoms with Crippen molar-refractivity contribution in [1.29, 1.82) is 0 Å². The Morgan fingerprint density at radius 1 is 1.17 bits per heavy atom. The molecule has 2 aromatic carbocycles. The number of urea groups is 1. The van der Waals surface area contributed by atoms with E-state index in [-0.39, 0.29) is 6.03 Å². The number of hydrogen-bond donors (Lipinski definition) is 2. The number of carbonyl (C=O) groups excluding carboxylic acids is 1. The van der Waals surface area contributed by atoms with Crippen molar-refractivity contribution in [2.45, 2.75) is 13.8 Å². The van der Waals surface area contributed by atoms with Crippen molar-refractivity contribution in [2.75, 3.05) is 18.5 Å². The largest absolute Gasteiger partial charge is 0.492 e. The Hall–Kier alpha value is -1.72. The molecule has 23 heavy (non-hydrogen) atoms. The standard InChI is InChI=1S/C17H18BrClN2O2/c1-11-3-4-13(10-15(11)18)21-17(22)20-7-8-23-14-5-6-16(19)12(2)9-14/h3-6,9-10H,7-8H2,1-2H3,(H2,20,21,22). The van der Waals surface area contributed by atoms with Gasteiger partial charge in [0.1, 0.15) is 12.4 Å². The lowest BCUT2D eigenvalue weighted by Gasteiger charge is -2.10. The van der Waals surface area contributed by atoms with Crippen LogP contribution in [0.25, 0.3) is 0 Å². The maximum atomic E-state index is 11.8. The van der Waals surface area contributed by atoms with Gasteiger partial charge < -0.3 is 15.4 Å². The SMILES string of the molecule is Cc1cc(OCCNC(=O)Nc2ccc(C)c(Br)c2)ccc1Cl. The summed E-state index contributed by atoms with van der Waals surface area (Å²) in [7, 11) is 0.